The fraction of sp³-hybridized carbons (Fsp3) is 0.812. The van der Waals surface area contributed by atoms with E-state index in [1.165, 1.54) is 57.2 Å². The first-order valence-electron chi connectivity index (χ1n) is 8.02. The minimum absolute atomic E-state index is 0.433. The maximum Gasteiger partial charge on any atom is 0.125 e. The molecule has 0 amide bonds. The van der Waals surface area contributed by atoms with E-state index in [4.69, 9.17) is 0 Å². The minimum Gasteiger partial charge on any atom is -0.337 e. The van der Waals surface area contributed by atoms with E-state index in [-0.39, 0.29) is 0 Å². The smallest absolute Gasteiger partial charge is 0.125 e. The molecule has 1 aliphatic rings. The van der Waals surface area contributed by atoms with Gasteiger partial charge in [0.05, 0.1) is 6.04 Å². The Morgan fingerprint density at radius 3 is 2.63 bits per heavy atom. The summed E-state index contributed by atoms with van der Waals surface area (Å²) < 4.78 is 2.17. The van der Waals surface area contributed by atoms with Crippen LogP contribution in [-0.2, 0) is 7.05 Å². The normalized spacial score (nSPS) is 19.3. The molecule has 0 spiro atoms. The SMILES string of the molecule is CCCNC(CC1CCCCCC1)c1nccn1C. The molecule has 0 bridgehead atoms. The summed E-state index contributed by atoms with van der Waals surface area (Å²) in [6, 6.07) is 0.433. The second kappa shape index (κ2) is 7.68. The molecule has 1 atom stereocenters. The van der Waals surface area contributed by atoms with E-state index in [9.17, 15) is 0 Å². The van der Waals surface area contributed by atoms with E-state index >= 15 is 0 Å². The van der Waals surface area contributed by atoms with Crippen LogP contribution in [0.4, 0.5) is 0 Å². The van der Waals surface area contributed by atoms with Gasteiger partial charge in [0.25, 0.3) is 0 Å². The molecule has 1 N–H and O–H groups in total. The number of nitrogens with zero attached hydrogens (tertiary/aromatic N) is 2. The quantitative estimate of drug-likeness (QED) is 0.791. The highest BCUT2D eigenvalue weighted by atomic mass is 15.1. The Morgan fingerprint density at radius 1 is 1.32 bits per heavy atom. The van der Waals surface area contributed by atoms with Crippen molar-refractivity contribution in [3.63, 3.8) is 0 Å². The Kier molecular flexibility index (Phi) is 5.90. The van der Waals surface area contributed by atoms with Crippen LogP contribution in [0.25, 0.3) is 0 Å². The third-order valence-electron chi connectivity index (χ3n) is 4.35. The molecule has 1 aliphatic carbocycles. The molecule has 1 aromatic rings. The zero-order chi connectivity index (χ0) is 13.5. The van der Waals surface area contributed by atoms with Gasteiger partial charge >= 0.3 is 0 Å². The molecular weight excluding hydrogens is 234 g/mol. The van der Waals surface area contributed by atoms with Gasteiger partial charge < -0.3 is 9.88 Å². The number of imidazole rings is 1. The molecule has 0 aliphatic heterocycles. The summed E-state index contributed by atoms with van der Waals surface area (Å²) in [6.07, 6.45) is 15.0. The van der Waals surface area contributed by atoms with E-state index in [0.29, 0.717) is 6.04 Å². The topological polar surface area (TPSA) is 29.9 Å². The van der Waals surface area contributed by atoms with Crippen LogP contribution in [0.2, 0.25) is 0 Å². The summed E-state index contributed by atoms with van der Waals surface area (Å²) in [6.45, 7) is 3.32. The van der Waals surface area contributed by atoms with Gasteiger partial charge in [0, 0.05) is 19.4 Å². The van der Waals surface area contributed by atoms with E-state index < -0.39 is 0 Å². The maximum absolute atomic E-state index is 4.56. The molecule has 0 radical (unpaired) electrons. The highest BCUT2D eigenvalue weighted by Crippen LogP contribution is 2.30. The molecule has 3 heteroatoms. The first-order chi connectivity index (χ1) is 9.31. The molecule has 2 rings (SSSR count). The highest BCUT2D eigenvalue weighted by Gasteiger charge is 2.21. The molecule has 1 unspecified atom stereocenters. The second-order valence-corrected chi connectivity index (χ2v) is 6.00. The van der Waals surface area contributed by atoms with Crippen LogP contribution in [0.3, 0.4) is 0 Å². The van der Waals surface area contributed by atoms with Gasteiger partial charge in [-0.15, -0.1) is 0 Å². The second-order valence-electron chi connectivity index (χ2n) is 6.00. The highest BCUT2D eigenvalue weighted by molar-refractivity contribution is 4.99. The predicted molar refractivity (Wildman–Crippen MR) is 80.1 cm³/mol. The van der Waals surface area contributed by atoms with Crippen molar-refractivity contribution >= 4 is 0 Å². The Hall–Kier alpha value is -0.830. The van der Waals surface area contributed by atoms with E-state index in [1.807, 2.05) is 6.20 Å². The van der Waals surface area contributed by atoms with Gasteiger partial charge in [0.2, 0.25) is 0 Å². The third kappa shape index (κ3) is 4.34. The van der Waals surface area contributed by atoms with Crippen molar-refractivity contribution in [1.29, 1.82) is 0 Å². The lowest BCUT2D eigenvalue weighted by Gasteiger charge is -2.23. The summed E-state index contributed by atoms with van der Waals surface area (Å²) in [5.41, 5.74) is 0. The fourth-order valence-corrected chi connectivity index (χ4v) is 3.24. The first-order valence-corrected chi connectivity index (χ1v) is 8.02. The Balaban J connectivity index is 1.98. The van der Waals surface area contributed by atoms with Gasteiger partial charge in [0.1, 0.15) is 5.82 Å². The van der Waals surface area contributed by atoms with Crippen molar-refractivity contribution in [1.82, 2.24) is 14.9 Å². The zero-order valence-corrected chi connectivity index (χ0v) is 12.6. The van der Waals surface area contributed by atoms with Crippen molar-refractivity contribution in [2.75, 3.05) is 6.54 Å². The Morgan fingerprint density at radius 2 is 2.05 bits per heavy atom. The number of hydrogen-bond acceptors (Lipinski definition) is 2. The maximum atomic E-state index is 4.56. The molecule has 1 aromatic heterocycles. The van der Waals surface area contributed by atoms with Crippen molar-refractivity contribution < 1.29 is 0 Å². The summed E-state index contributed by atoms with van der Waals surface area (Å²) in [7, 11) is 2.11. The molecule has 0 saturated heterocycles. The van der Waals surface area contributed by atoms with Crippen LogP contribution in [0.1, 0.15) is 70.2 Å². The monoisotopic (exact) mass is 263 g/mol. The van der Waals surface area contributed by atoms with Gasteiger partial charge in [-0.1, -0.05) is 45.4 Å². The summed E-state index contributed by atoms with van der Waals surface area (Å²) in [5, 5.41) is 3.70. The first kappa shape index (κ1) is 14.6. The van der Waals surface area contributed by atoms with E-state index in [0.717, 1.165) is 12.5 Å². The number of hydrogen-bond donors (Lipinski definition) is 1. The van der Waals surface area contributed by atoms with Gasteiger partial charge in [-0.05, 0) is 25.3 Å². The average Bonchev–Trinajstić information content (AvgIpc) is 2.68. The number of nitrogens with one attached hydrogen (secondary N) is 1. The lowest BCUT2D eigenvalue weighted by atomic mass is 9.92. The van der Waals surface area contributed by atoms with Gasteiger partial charge in [-0.2, -0.15) is 0 Å². The molecule has 1 heterocycles. The molecule has 1 fully saturated rings. The van der Waals surface area contributed by atoms with E-state index in [2.05, 4.69) is 35.0 Å². The number of rotatable bonds is 6. The van der Waals surface area contributed by atoms with Crippen LogP contribution in [0, 0.1) is 5.92 Å². The number of aromatic nitrogens is 2. The van der Waals surface area contributed by atoms with E-state index in [1.54, 1.807) is 0 Å². The summed E-state index contributed by atoms with van der Waals surface area (Å²) >= 11 is 0. The zero-order valence-electron chi connectivity index (χ0n) is 12.6. The summed E-state index contributed by atoms with van der Waals surface area (Å²) in [4.78, 5) is 4.56. The molecule has 1 saturated carbocycles. The van der Waals surface area contributed by atoms with Crippen LogP contribution < -0.4 is 5.32 Å². The molecular formula is C16H29N3. The fourth-order valence-electron chi connectivity index (χ4n) is 3.24. The van der Waals surface area contributed by atoms with Crippen molar-refractivity contribution in [2.24, 2.45) is 13.0 Å². The Bertz CT molecular complexity index is 351. The molecule has 0 aromatic carbocycles. The lowest BCUT2D eigenvalue weighted by Crippen LogP contribution is -2.27. The van der Waals surface area contributed by atoms with Gasteiger partial charge in [0.15, 0.2) is 0 Å². The number of aryl methyl sites for hydroxylation is 1. The minimum atomic E-state index is 0.433. The van der Waals surface area contributed by atoms with Gasteiger partial charge in [-0.25, -0.2) is 4.98 Å². The lowest BCUT2D eigenvalue weighted by molar-refractivity contribution is 0.343. The van der Waals surface area contributed by atoms with Crippen LogP contribution >= 0.6 is 0 Å². The van der Waals surface area contributed by atoms with Crippen molar-refractivity contribution in [3.8, 4) is 0 Å². The Labute approximate surface area is 117 Å². The van der Waals surface area contributed by atoms with Crippen molar-refractivity contribution in [3.05, 3.63) is 18.2 Å². The van der Waals surface area contributed by atoms with Crippen molar-refractivity contribution in [2.45, 2.75) is 64.3 Å². The van der Waals surface area contributed by atoms with Gasteiger partial charge in [-0.3, -0.25) is 0 Å². The average molecular weight is 263 g/mol. The van der Waals surface area contributed by atoms with Crippen LogP contribution in [-0.4, -0.2) is 16.1 Å². The molecule has 108 valence electrons. The largest absolute Gasteiger partial charge is 0.337 e. The van der Waals surface area contributed by atoms with Crippen LogP contribution in [0.15, 0.2) is 12.4 Å². The molecule has 19 heavy (non-hydrogen) atoms. The predicted octanol–water partition coefficient (Wildman–Crippen LogP) is 3.82. The summed E-state index contributed by atoms with van der Waals surface area (Å²) in [5.74, 6) is 2.09. The van der Waals surface area contributed by atoms with Crippen LogP contribution in [0.5, 0.6) is 0 Å². The molecule has 3 nitrogen and oxygen atoms in total. The standard InChI is InChI=1S/C16H29N3/c1-3-10-17-15(16-18-11-12-19(16)2)13-14-8-6-4-5-7-9-14/h11-12,14-15,17H,3-10,13H2,1-2H3. The third-order valence-corrected chi connectivity index (χ3v) is 4.35.